The third-order valence-electron chi connectivity index (χ3n) is 3.57. The van der Waals surface area contributed by atoms with Gasteiger partial charge in [-0.05, 0) is 12.5 Å². The zero-order valence-electron chi connectivity index (χ0n) is 11.9. The molecule has 1 aliphatic rings. The van der Waals surface area contributed by atoms with Gasteiger partial charge < -0.3 is 14.7 Å². The maximum atomic E-state index is 12.1. The molecule has 2 rings (SSSR count). The van der Waals surface area contributed by atoms with Crippen LogP contribution in [0, 0.1) is 0 Å². The molecule has 1 aliphatic heterocycles. The van der Waals surface area contributed by atoms with Crippen LogP contribution in [0.15, 0.2) is 30.3 Å². The van der Waals surface area contributed by atoms with Gasteiger partial charge >= 0.3 is 6.09 Å². The normalized spacial score (nSPS) is 19.9. The molecular formula is C15H22N2O3. The third kappa shape index (κ3) is 3.95. The monoisotopic (exact) mass is 278 g/mol. The first-order valence-electron chi connectivity index (χ1n) is 7.01. The minimum Gasteiger partial charge on any atom is -0.445 e. The highest BCUT2D eigenvalue weighted by atomic mass is 16.6. The molecule has 5 nitrogen and oxygen atoms in total. The van der Waals surface area contributed by atoms with Gasteiger partial charge in [-0.2, -0.15) is 0 Å². The van der Waals surface area contributed by atoms with Gasteiger partial charge in [-0.3, -0.25) is 4.90 Å². The summed E-state index contributed by atoms with van der Waals surface area (Å²) in [7, 11) is 0. The molecule has 0 aromatic heterocycles. The Balaban J connectivity index is 1.81. The molecule has 1 amide bonds. The van der Waals surface area contributed by atoms with E-state index in [0.717, 1.165) is 18.7 Å². The van der Waals surface area contributed by atoms with Crippen molar-refractivity contribution in [1.29, 1.82) is 0 Å². The van der Waals surface area contributed by atoms with E-state index in [1.807, 2.05) is 37.3 Å². The maximum absolute atomic E-state index is 12.1. The van der Waals surface area contributed by atoms with Crippen LogP contribution in [0.5, 0.6) is 0 Å². The molecule has 5 heteroatoms. The number of piperazine rings is 1. The van der Waals surface area contributed by atoms with Crippen LogP contribution in [0.25, 0.3) is 0 Å². The summed E-state index contributed by atoms with van der Waals surface area (Å²) in [5.74, 6) is 0. The predicted octanol–water partition coefficient (Wildman–Crippen LogP) is 1.32. The van der Waals surface area contributed by atoms with Gasteiger partial charge in [0.05, 0.1) is 6.61 Å². The number of β-amino-alcohol motifs (C(OH)–C–C–N with tert-alkyl or cyclic N) is 1. The van der Waals surface area contributed by atoms with Crippen molar-refractivity contribution in [2.45, 2.75) is 19.6 Å². The predicted molar refractivity (Wildman–Crippen MR) is 76.3 cm³/mol. The van der Waals surface area contributed by atoms with E-state index in [1.54, 1.807) is 4.90 Å². The SMILES string of the molecule is CC1CN(CCO)CCN1C(=O)OCc1ccccc1. The Hall–Kier alpha value is -1.59. The molecular weight excluding hydrogens is 256 g/mol. The fourth-order valence-electron chi connectivity index (χ4n) is 2.45. The van der Waals surface area contributed by atoms with Gasteiger partial charge in [0.15, 0.2) is 0 Å². The van der Waals surface area contributed by atoms with E-state index in [4.69, 9.17) is 9.84 Å². The molecule has 20 heavy (non-hydrogen) atoms. The summed E-state index contributed by atoms with van der Waals surface area (Å²) < 4.78 is 5.35. The Kier molecular flexibility index (Phi) is 5.38. The summed E-state index contributed by atoms with van der Waals surface area (Å²) in [5.41, 5.74) is 0.993. The number of aliphatic hydroxyl groups is 1. The first kappa shape index (κ1) is 14.8. The van der Waals surface area contributed by atoms with E-state index in [0.29, 0.717) is 19.7 Å². The standard InChI is InChI=1S/C15H22N2O3/c1-13-11-16(9-10-18)7-8-17(13)15(19)20-12-14-5-3-2-4-6-14/h2-6,13,18H,7-12H2,1H3. The number of nitrogens with zero attached hydrogens (tertiary/aromatic N) is 2. The van der Waals surface area contributed by atoms with Gasteiger partial charge in [-0.15, -0.1) is 0 Å². The maximum Gasteiger partial charge on any atom is 0.410 e. The number of ether oxygens (including phenoxy) is 1. The molecule has 110 valence electrons. The van der Waals surface area contributed by atoms with Crippen LogP contribution in [0.3, 0.4) is 0 Å². The Morgan fingerprint density at radius 3 is 2.75 bits per heavy atom. The molecule has 1 unspecified atom stereocenters. The summed E-state index contributed by atoms with van der Waals surface area (Å²) in [6.45, 7) is 5.35. The summed E-state index contributed by atoms with van der Waals surface area (Å²) >= 11 is 0. The van der Waals surface area contributed by atoms with E-state index in [1.165, 1.54) is 0 Å². The Bertz CT molecular complexity index is 424. The van der Waals surface area contributed by atoms with E-state index in [-0.39, 0.29) is 18.7 Å². The zero-order chi connectivity index (χ0) is 14.4. The number of hydrogen-bond acceptors (Lipinski definition) is 4. The van der Waals surface area contributed by atoms with Crippen LogP contribution >= 0.6 is 0 Å². The lowest BCUT2D eigenvalue weighted by atomic mass is 10.2. The van der Waals surface area contributed by atoms with E-state index < -0.39 is 0 Å². The molecule has 0 aliphatic carbocycles. The summed E-state index contributed by atoms with van der Waals surface area (Å²) in [6.07, 6.45) is -0.259. The average Bonchev–Trinajstić information content (AvgIpc) is 2.46. The molecule has 1 aromatic carbocycles. The minimum atomic E-state index is -0.259. The van der Waals surface area contributed by atoms with E-state index in [9.17, 15) is 4.79 Å². The average molecular weight is 278 g/mol. The lowest BCUT2D eigenvalue weighted by molar-refractivity contribution is 0.0434. The van der Waals surface area contributed by atoms with Crippen molar-refractivity contribution in [2.24, 2.45) is 0 Å². The number of hydrogen-bond donors (Lipinski definition) is 1. The van der Waals surface area contributed by atoms with Crippen molar-refractivity contribution in [2.75, 3.05) is 32.8 Å². The number of aliphatic hydroxyl groups excluding tert-OH is 1. The molecule has 1 aromatic rings. The molecule has 0 radical (unpaired) electrons. The molecule has 1 N–H and O–H groups in total. The van der Waals surface area contributed by atoms with Gasteiger partial charge in [-0.1, -0.05) is 30.3 Å². The van der Waals surface area contributed by atoms with Gasteiger partial charge in [0.2, 0.25) is 0 Å². The highest BCUT2D eigenvalue weighted by Crippen LogP contribution is 2.12. The van der Waals surface area contributed by atoms with Gasteiger partial charge in [0, 0.05) is 32.2 Å². The Labute approximate surface area is 119 Å². The summed E-state index contributed by atoms with van der Waals surface area (Å²) in [4.78, 5) is 16.0. The van der Waals surface area contributed by atoms with Crippen molar-refractivity contribution < 1.29 is 14.6 Å². The van der Waals surface area contributed by atoms with Crippen LogP contribution in [0.1, 0.15) is 12.5 Å². The van der Waals surface area contributed by atoms with Crippen LogP contribution in [-0.4, -0.2) is 59.8 Å². The number of rotatable bonds is 4. The highest BCUT2D eigenvalue weighted by molar-refractivity contribution is 5.68. The van der Waals surface area contributed by atoms with Crippen LogP contribution < -0.4 is 0 Å². The quantitative estimate of drug-likeness (QED) is 0.902. The molecule has 0 saturated carbocycles. The smallest absolute Gasteiger partial charge is 0.410 e. The molecule has 1 atom stereocenters. The fraction of sp³-hybridized carbons (Fsp3) is 0.533. The molecule has 0 bridgehead atoms. The minimum absolute atomic E-state index is 0.110. The zero-order valence-corrected chi connectivity index (χ0v) is 11.9. The number of amides is 1. The third-order valence-corrected chi connectivity index (χ3v) is 3.57. The van der Waals surface area contributed by atoms with Gasteiger partial charge in [-0.25, -0.2) is 4.79 Å². The van der Waals surface area contributed by atoms with Crippen molar-refractivity contribution in [3.8, 4) is 0 Å². The van der Waals surface area contributed by atoms with Gasteiger partial charge in [0.25, 0.3) is 0 Å². The lowest BCUT2D eigenvalue weighted by Crippen LogP contribution is -2.54. The second kappa shape index (κ2) is 7.26. The largest absolute Gasteiger partial charge is 0.445 e. The number of carbonyl (C=O) groups excluding carboxylic acids is 1. The van der Waals surface area contributed by atoms with Crippen molar-refractivity contribution >= 4 is 6.09 Å². The van der Waals surface area contributed by atoms with E-state index >= 15 is 0 Å². The molecule has 1 heterocycles. The lowest BCUT2D eigenvalue weighted by Gasteiger charge is -2.38. The first-order valence-corrected chi connectivity index (χ1v) is 7.01. The molecule has 1 fully saturated rings. The second-order valence-electron chi connectivity index (χ2n) is 5.11. The number of carbonyl (C=O) groups is 1. The first-order chi connectivity index (χ1) is 9.70. The van der Waals surface area contributed by atoms with Crippen molar-refractivity contribution in [1.82, 2.24) is 9.80 Å². The van der Waals surface area contributed by atoms with Crippen LogP contribution in [0.4, 0.5) is 4.79 Å². The summed E-state index contributed by atoms with van der Waals surface area (Å²) in [6, 6.07) is 9.79. The van der Waals surface area contributed by atoms with Crippen molar-refractivity contribution in [3.05, 3.63) is 35.9 Å². The number of benzene rings is 1. The highest BCUT2D eigenvalue weighted by Gasteiger charge is 2.27. The van der Waals surface area contributed by atoms with E-state index in [2.05, 4.69) is 4.90 Å². The van der Waals surface area contributed by atoms with Crippen LogP contribution in [0.2, 0.25) is 0 Å². The Morgan fingerprint density at radius 2 is 2.10 bits per heavy atom. The molecule has 1 saturated heterocycles. The Morgan fingerprint density at radius 1 is 1.35 bits per heavy atom. The fourth-order valence-corrected chi connectivity index (χ4v) is 2.45. The van der Waals surface area contributed by atoms with Crippen molar-refractivity contribution in [3.63, 3.8) is 0 Å². The summed E-state index contributed by atoms with van der Waals surface area (Å²) in [5, 5.41) is 8.94. The second-order valence-corrected chi connectivity index (χ2v) is 5.11. The topological polar surface area (TPSA) is 53.0 Å². The van der Waals surface area contributed by atoms with Crippen LogP contribution in [-0.2, 0) is 11.3 Å². The molecule has 0 spiro atoms. The van der Waals surface area contributed by atoms with Gasteiger partial charge in [0.1, 0.15) is 6.61 Å².